The summed E-state index contributed by atoms with van der Waals surface area (Å²) >= 11 is 0. The van der Waals surface area contributed by atoms with Crippen molar-refractivity contribution < 1.29 is 13.2 Å². The zero-order valence-electron chi connectivity index (χ0n) is 20.1. The Hall–Kier alpha value is -3.30. The maximum atomic E-state index is 13.1. The van der Waals surface area contributed by atoms with Crippen molar-refractivity contribution in [3.63, 3.8) is 0 Å². The lowest BCUT2D eigenvalue weighted by atomic mass is 10.1. The molecular formula is C26H31N5O3S. The summed E-state index contributed by atoms with van der Waals surface area (Å²) in [5.74, 6) is 0.660. The van der Waals surface area contributed by atoms with Gasteiger partial charge in [0.05, 0.1) is 10.6 Å². The maximum absolute atomic E-state index is 13.1. The van der Waals surface area contributed by atoms with Gasteiger partial charge in [0.2, 0.25) is 15.9 Å². The summed E-state index contributed by atoms with van der Waals surface area (Å²) in [5.41, 5.74) is 3.71. The molecule has 0 bridgehead atoms. The lowest BCUT2D eigenvalue weighted by Crippen LogP contribution is -2.49. The van der Waals surface area contributed by atoms with Crippen molar-refractivity contribution in [1.29, 1.82) is 0 Å². The first-order valence-corrected chi connectivity index (χ1v) is 13.4. The molecular weight excluding hydrogens is 462 g/mol. The number of sulfonamides is 1. The first-order valence-electron chi connectivity index (χ1n) is 12.0. The summed E-state index contributed by atoms with van der Waals surface area (Å²) in [6.07, 6.45) is 2.19. The van der Waals surface area contributed by atoms with Crippen LogP contribution in [-0.2, 0) is 21.2 Å². The Labute approximate surface area is 207 Å². The minimum absolute atomic E-state index is 0.0789. The van der Waals surface area contributed by atoms with Crippen LogP contribution in [0.25, 0.3) is 11.3 Å². The van der Waals surface area contributed by atoms with E-state index in [1.807, 2.05) is 19.1 Å². The average molecular weight is 494 g/mol. The fourth-order valence-corrected chi connectivity index (χ4v) is 5.45. The summed E-state index contributed by atoms with van der Waals surface area (Å²) in [4.78, 5) is 14.0. The van der Waals surface area contributed by atoms with Crippen molar-refractivity contribution in [2.45, 2.75) is 38.0 Å². The molecule has 1 amide bonds. The zero-order chi connectivity index (χ0) is 24.8. The topological polar surface area (TPSA) is 95.5 Å². The molecule has 1 aliphatic heterocycles. The summed E-state index contributed by atoms with van der Waals surface area (Å²) in [6.45, 7) is 5.84. The number of amides is 1. The van der Waals surface area contributed by atoms with E-state index in [2.05, 4.69) is 51.6 Å². The fourth-order valence-electron chi connectivity index (χ4n) is 4.03. The minimum atomic E-state index is -3.61. The van der Waals surface area contributed by atoms with Crippen LogP contribution >= 0.6 is 0 Å². The molecule has 0 saturated carbocycles. The number of nitrogens with one attached hydrogen (secondary N) is 1. The molecule has 2 aromatic carbocycles. The van der Waals surface area contributed by atoms with Crippen molar-refractivity contribution in [2.24, 2.45) is 0 Å². The molecule has 1 fully saturated rings. The molecule has 0 radical (unpaired) electrons. The Morgan fingerprint density at radius 3 is 2.14 bits per heavy atom. The molecule has 0 unspecified atom stereocenters. The van der Waals surface area contributed by atoms with Gasteiger partial charge in [0.15, 0.2) is 5.82 Å². The SMILES string of the molecule is CCCC(=O)Nc1ccc(S(=O)(=O)N2CCN(c3ccc(-c4ccc(CC)cc4)nn3)CC2)cc1. The van der Waals surface area contributed by atoms with Gasteiger partial charge in [0.25, 0.3) is 0 Å². The van der Waals surface area contributed by atoms with Crippen LogP contribution in [-0.4, -0.2) is 55.0 Å². The zero-order valence-corrected chi connectivity index (χ0v) is 21.0. The van der Waals surface area contributed by atoms with E-state index in [0.29, 0.717) is 38.3 Å². The number of hydrogen-bond donors (Lipinski definition) is 1. The number of carbonyl (C=O) groups is 1. The van der Waals surface area contributed by atoms with Crippen molar-refractivity contribution in [3.8, 4) is 11.3 Å². The first kappa shape index (κ1) is 24.8. The van der Waals surface area contributed by atoms with Crippen LogP contribution in [0.3, 0.4) is 0 Å². The summed E-state index contributed by atoms with van der Waals surface area (Å²) in [7, 11) is -3.61. The smallest absolute Gasteiger partial charge is 0.243 e. The monoisotopic (exact) mass is 493 g/mol. The predicted molar refractivity (Wildman–Crippen MR) is 138 cm³/mol. The van der Waals surface area contributed by atoms with E-state index in [0.717, 1.165) is 29.9 Å². The molecule has 9 heteroatoms. The predicted octanol–water partition coefficient (Wildman–Crippen LogP) is 3.96. The lowest BCUT2D eigenvalue weighted by Gasteiger charge is -2.34. The second kappa shape index (κ2) is 11.0. The Bertz CT molecular complexity index is 1240. The number of aromatic nitrogens is 2. The molecule has 1 aliphatic rings. The van der Waals surface area contributed by atoms with Gasteiger partial charge >= 0.3 is 0 Å². The number of nitrogens with zero attached hydrogens (tertiary/aromatic N) is 4. The molecule has 1 aromatic heterocycles. The van der Waals surface area contributed by atoms with Crippen LogP contribution < -0.4 is 10.2 Å². The second-order valence-electron chi connectivity index (χ2n) is 8.54. The van der Waals surface area contributed by atoms with E-state index >= 15 is 0 Å². The number of carbonyl (C=O) groups excluding carboxylic acids is 1. The maximum Gasteiger partial charge on any atom is 0.243 e. The van der Waals surface area contributed by atoms with Gasteiger partial charge in [0.1, 0.15) is 0 Å². The van der Waals surface area contributed by atoms with Gasteiger partial charge < -0.3 is 10.2 Å². The number of anilines is 2. The average Bonchev–Trinajstić information content (AvgIpc) is 2.89. The molecule has 2 heterocycles. The second-order valence-corrected chi connectivity index (χ2v) is 10.5. The minimum Gasteiger partial charge on any atom is -0.352 e. The highest BCUT2D eigenvalue weighted by Gasteiger charge is 2.29. The molecule has 184 valence electrons. The third-order valence-electron chi connectivity index (χ3n) is 6.12. The molecule has 35 heavy (non-hydrogen) atoms. The Morgan fingerprint density at radius 2 is 1.57 bits per heavy atom. The Kier molecular flexibility index (Phi) is 7.77. The fraction of sp³-hybridized carbons (Fsp3) is 0.346. The van der Waals surface area contributed by atoms with E-state index in [1.165, 1.54) is 9.87 Å². The van der Waals surface area contributed by atoms with Crippen LogP contribution in [0, 0.1) is 0 Å². The van der Waals surface area contributed by atoms with Gasteiger partial charge in [-0.1, -0.05) is 38.1 Å². The highest BCUT2D eigenvalue weighted by atomic mass is 32.2. The van der Waals surface area contributed by atoms with Crippen molar-refractivity contribution in [3.05, 3.63) is 66.2 Å². The van der Waals surface area contributed by atoms with E-state index in [-0.39, 0.29) is 10.8 Å². The Morgan fingerprint density at radius 1 is 0.886 bits per heavy atom. The van der Waals surface area contributed by atoms with Gasteiger partial charge in [-0.2, -0.15) is 4.31 Å². The molecule has 0 atom stereocenters. The molecule has 4 rings (SSSR count). The van der Waals surface area contributed by atoms with E-state index in [4.69, 9.17) is 0 Å². The third kappa shape index (κ3) is 5.86. The van der Waals surface area contributed by atoms with Crippen LogP contribution in [0.5, 0.6) is 0 Å². The van der Waals surface area contributed by atoms with Crippen LogP contribution in [0.2, 0.25) is 0 Å². The molecule has 0 aliphatic carbocycles. The lowest BCUT2D eigenvalue weighted by molar-refractivity contribution is -0.116. The number of piperazine rings is 1. The van der Waals surface area contributed by atoms with Gasteiger partial charge in [-0.05, 0) is 54.8 Å². The van der Waals surface area contributed by atoms with Gasteiger partial charge in [-0.25, -0.2) is 8.42 Å². The van der Waals surface area contributed by atoms with Crippen molar-refractivity contribution in [1.82, 2.24) is 14.5 Å². The number of benzene rings is 2. The van der Waals surface area contributed by atoms with Gasteiger partial charge in [0, 0.05) is 43.9 Å². The number of hydrogen-bond acceptors (Lipinski definition) is 6. The normalized spacial score (nSPS) is 14.6. The molecule has 1 N–H and O–H groups in total. The van der Waals surface area contributed by atoms with Crippen LogP contribution in [0.1, 0.15) is 32.3 Å². The third-order valence-corrected chi connectivity index (χ3v) is 8.04. The molecule has 3 aromatic rings. The summed E-state index contributed by atoms with van der Waals surface area (Å²) in [5, 5.41) is 11.5. The highest BCUT2D eigenvalue weighted by molar-refractivity contribution is 7.89. The van der Waals surface area contributed by atoms with Crippen LogP contribution in [0.15, 0.2) is 65.6 Å². The summed E-state index contributed by atoms with van der Waals surface area (Å²) < 4.78 is 27.7. The largest absolute Gasteiger partial charge is 0.352 e. The number of rotatable bonds is 8. The number of aryl methyl sites for hydroxylation is 1. The standard InChI is InChI=1S/C26H31N5O3S/c1-3-5-26(32)27-22-10-12-23(13-11-22)35(33,34)31-18-16-30(17-19-31)25-15-14-24(28-29-25)21-8-6-20(4-2)7-9-21/h6-15H,3-5,16-19H2,1-2H3,(H,27,32). The van der Waals surface area contributed by atoms with Crippen molar-refractivity contribution >= 4 is 27.4 Å². The van der Waals surface area contributed by atoms with Gasteiger partial charge in [-0.3, -0.25) is 4.79 Å². The highest BCUT2D eigenvalue weighted by Crippen LogP contribution is 2.23. The van der Waals surface area contributed by atoms with Crippen LogP contribution in [0.4, 0.5) is 11.5 Å². The molecule has 1 saturated heterocycles. The molecule has 8 nitrogen and oxygen atoms in total. The summed E-state index contributed by atoms with van der Waals surface area (Å²) in [6, 6.07) is 18.5. The molecule has 0 spiro atoms. The van der Waals surface area contributed by atoms with E-state index < -0.39 is 10.0 Å². The van der Waals surface area contributed by atoms with Crippen molar-refractivity contribution in [2.75, 3.05) is 36.4 Å². The van der Waals surface area contributed by atoms with E-state index in [9.17, 15) is 13.2 Å². The first-order chi connectivity index (χ1) is 16.9. The van der Waals surface area contributed by atoms with Gasteiger partial charge in [-0.15, -0.1) is 10.2 Å². The van der Waals surface area contributed by atoms with E-state index in [1.54, 1.807) is 24.3 Å². The quantitative estimate of drug-likeness (QED) is 0.510. The Balaban J connectivity index is 1.36.